The largest absolute Gasteiger partial charge is 0.453 e. The van der Waals surface area contributed by atoms with Crippen molar-refractivity contribution >= 4 is 22.6 Å². The summed E-state index contributed by atoms with van der Waals surface area (Å²) in [5.74, 6) is -0.224. The molecule has 0 fully saturated rings. The smallest absolute Gasteiger partial charge is 0.221 e. The molecule has 0 radical (unpaired) electrons. The summed E-state index contributed by atoms with van der Waals surface area (Å²) in [6.07, 6.45) is 3.32. The van der Waals surface area contributed by atoms with E-state index in [1.807, 2.05) is 0 Å². The van der Waals surface area contributed by atoms with Crippen molar-refractivity contribution in [2.75, 3.05) is 5.32 Å². The molecule has 0 saturated carbocycles. The van der Waals surface area contributed by atoms with Crippen molar-refractivity contribution < 1.29 is 13.9 Å². The van der Waals surface area contributed by atoms with Crippen LogP contribution in [0, 0.1) is 5.82 Å². The number of nitrogens with one attached hydrogen (secondary N) is 2. The highest BCUT2D eigenvalue weighted by Gasteiger charge is 2.10. The second-order valence-corrected chi connectivity index (χ2v) is 4.48. The van der Waals surface area contributed by atoms with E-state index in [4.69, 9.17) is 4.74 Å². The molecule has 1 aromatic carbocycles. The molecule has 0 aliphatic heterocycles. The number of H-pyrrole nitrogens is 1. The summed E-state index contributed by atoms with van der Waals surface area (Å²) in [5.41, 5.74) is 1.05. The summed E-state index contributed by atoms with van der Waals surface area (Å²) in [6.45, 7) is 1.36. The Hall–Kier alpha value is -2.89. The van der Waals surface area contributed by atoms with E-state index in [0.29, 0.717) is 17.1 Å². The van der Waals surface area contributed by atoms with Crippen LogP contribution in [0.25, 0.3) is 11.0 Å². The van der Waals surface area contributed by atoms with E-state index >= 15 is 0 Å². The van der Waals surface area contributed by atoms with E-state index < -0.39 is 5.82 Å². The van der Waals surface area contributed by atoms with Crippen molar-refractivity contribution in [3.05, 3.63) is 48.5 Å². The molecule has 3 aromatic rings. The average Bonchev–Trinajstić information content (AvgIpc) is 2.90. The van der Waals surface area contributed by atoms with E-state index in [2.05, 4.69) is 15.3 Å². The number of pyridine rings is 1. The molecule has 0 aliphatic carbocycles. The fourth-order valence-electron chi connectivity index (χ4n) is 2.01. The van der Waals surface area contributed by atoms with E-state index in [-0.39, 0.29) is 11.7 Å². The van der Waals surface area contributed by atoms with Crippen LogP contribution in [0.4, 0.5) is 10.1 Å². The lowest BCUT2D eigenvalue weighted by Gasteiger charge is -2.09. The molecule has 0 unspecified atom stereocenters. The molecular formula is C15H12FN3O2. The molecule has 1 amide bonds. The topological polar surface area (TPSA) is 67.0 Å². The van der Waals surface area contributed by atoms with Gasteiger partial charge in [-0.3, -0.25) is 4.79 Å². The minimum atomic E-state index is -0.554. The minimum Gasteiger partial charge on any atom is -0.453 e. The van der Waals surface area contributed by atoms with Crippen LogP contribution >= 0.6 is 0 Å². The summed E-state index contributed by atoms with van der Waals surface area (Å²) in [4.78, 5) is 18.0. The fraction of sp³-hybridized carbons (Fsp3) is 0.0667. The molecule has 0 bridgehead atoms. The first-order chi connectivity index (χ1) is 10.1. The molecule has 2 aromatic heterocycles. The average molecular weight is 285 g/mol. The second-order valence-electron chi connectivity index (χ2n) is 4.48. The van der Waals surface area contributed by atoms with Gasteiger partial charge in [-0.1, -0.05) is 0 Å². The third kappa shape index (κ3) is 2.69. The number of rotatable bonds is 3. The van der Waals surface area contributed by atoms with Crippen molar-refractivity contribution in [3.63, 3.8) is 0 Å². The first-order valence-electron chi connectivity index (χ1n) is 6.30. The number of ether oxygens (including phenoxy) is 1. The molecule has 21 heavy (non-hydrogen) atoms. The van der Waals surface area contributed by atoms with Crippen LogP contribution in [-0.2, 0) is 4.79 Å². The minimum absolute atomic E-state index is 0.0813. The fourth-order valence-corrected chi connectivity index (χ4v) is 2.01. The van der Waals surface area contributed by atoms with Crippen LogP contribution in [0.2, 0.25) is 0 Å². The predicted octanol–water partition coefficient (Wildman–Crippen LogP) is 3.45. The third-order valence-electron chi connectivity index (χ3n) is 2.89. The van der Waals surface area contributed by atoms with E-state index in [0.717, 1.165) is 5.39 Å². The number of nitrogens with zero attached hydrogens (tertiary/aromatic N) is 1. The molecular weight excluding hydrogens is 273 g/mol. The molecule has 0 saturated heterocycles. The van der Waals surface area contributed by atoms with Gasteiger partial charge in [0.15, 0.2) is 11.6 Å². The third-order valence-corrected chi connectivity index (χ3v) is 2.89. The summed E-state index contributed by atoms with van der Waals surface area (Å²) in [5, 5.41) is 3.28. The van der Waals surface area contributed by atoms with Crippen molar-refractivity contribution in [3.8, 4) is 11.5 Å². The molecule has 6 heteroatoms. The standard InChI is InChI=1S/C15H12FN3O2/c1-9(20)19-10-2-3-14(12(16)8-10)21-13-5-7-18-15-11(13)4-6-17-15/h2-8H,1H3,(H,17,18)(H,19,20). The number of fused-ring (bicyclic) bond motifs is 1. The van der Waals surface area contributed by atoms with Gasteiger partial charge in [0.1, 0.15) is 11.4 Å². The van der Waals surface area contributed by atoms with Gasteiger partial charge < -0.3 is 15.0 Å². The van der Waals surface area contributed by atoms with Crippen LogP contribution in [0.3, 0.4) is 0 Å². The number of benzene rings is 1. The van der Waals surface area contributed by atoms with Crippen LogP contribution < -0.4 is 10.1 Å². The van der Waals surface area contributed by atoms with Gasteiger partial charge in [-0.05, 0) is 24.3 Å². The Bertz CT molecular complexity index is 814. The first-order valence-corrected chi connectivity index (χ1v) is 6.30. The van der Waals surface area contributed by atoms with Crippen molar-refractivity contribution in [1.82, 2.24) is 9.97 Å². The Morgan fingerprint density at radius 1 is 1.29 bits per heavy atom. The first kappa shape index (κ1) is 13.1. The number of aromatic nitrogens is 2. The SMILES string of the molecule is CC(=O)Nc1ccc(Oc2ccnc3[nH]ccc23)c(F)c1. The van der Waals surface area contributed by atoms with E-state index in [9.17, 15) is 9.18 Å². The van der Waals surface area contributed by atoms with Crippen LogP contribution in [0.15, 0.2) is 42.7 Å². The number of anilines is 1. The lowest BCUT2D eigenvalue weighted by molar-refractivity contribution is -0.114. The Kier molecular flexibility index (Phi) is 3.27. The zero-order valence-corrected chi connectivity index (χ0v) is 11.2. The van der Waals surface area contributed by atoms with Gasteiger partial charge in [-0.15, -0.1) is 0 Å². The lowest BCUT2D eigenvalue weighted by Crippen LogP contribution is -2.05. The number of hydrogen-bond acceptors (Lipinski definition) is 3. The van der Waals surface area contributed by atoms with E-state index in [1.165, 1.54) is 19.1 Å². The lowest BCUT2D eigenvalue weighted by atomic mass is 10.2. The van der Waals surface area contributed by atoms with Crippen LogP contribution in [0.1, 0.15) is 6.92 Å². The Morgan fingerprint density at radius 2 is 2.14 bits per heavy atom. The van der Waals surface area contributed by atoms with Crippen molar-refractivity contribution in [2.45, 2.75) is 6.92 Å². The van der Waals surface area contributed by atoms with Crippen LogP contribution in [0.5, 0.6) is 11.5 Å². The molecule has 5 nitrogen and oxygen atoms in total. The second kappa shape index (κ2) is 5.24. The number of carbonyl (C=O) groups is 1. The summed E-state index contributed by atoms with van der Waals surface area (Å²) in [6, 6.07) is 7.74. The maximum Gasteiger partial charge on any atom is 0.221 e. The Labute approximate surface area is 119 Å². The Morgan fingerprint density at radius 3 is 2.90 bits per heavy atom. The maximum atomic E-state index is 14.0. The molecule has 0 atom stereocenters. The Balaban J connectivity index is 1.91. The molecule has 0 spiro atoms. The maximum absolute atomic E-state index is 14.0. The highest BCUT2D eigenvalue weighted by Crippen LogP contribution is 2.30. The highest BCUT2D eigenvalue weighted by molar-refractivity contribution is 5.88. The van der Waals surface area contributed by atoms with Gasteiger partial charge in [0.2, 0.25) is 5.91 Å². The predicted molar refractivity (Wildman–Crippen MR) is 76.9 cm³/mol. The summed E-state index contributed by atoms with van der Waals surface area (Å²) >= 11 is 0. The molecule has 2 heterocycles. The zero-order valence-electron chi connectivity index (χ0n) is 11.2. The molecule has 106 valence electrons. The van der Waals surface area contributed by atoms with Crippen molar-refractivity contribution in [2.24, 2.45) is 0 Å². The van der Waals surface area contributed by atoms with Gasteiger partial charge in [0.25, 0.3) is 0 Å². The normalized spacial score (nSPS) is 10.6. The monoisotopic (exact) mass is 285 g/mol. The van der Waals surface area contributed by atoms with Gasteiger partial charge >= 0.3 is 0 Å². The van der Waals surface area contributed by atoms with E-state index in [1.54, 1.807) is 30.6 Å². The highest BCUT2D eigenvalue weighted by atomic mass is 19.1. The molecule has 2 N–H and O–H groups in total. The van der Waals surface area contributed by atoms with Gasteiger partial charge in [-0.25, -0.2) is 9.37 Å². The quantitative estimate of drug-likeness (QED) is 0.774. The van der Waals surface area contributed by atoms with Crippen molar-refractivity contribution in [1.29, 1.82) is 0 Å². The number of amides is 1. The summed E-state index contributed by atoms with van der Waals surface area (Å²) < 4.78 is 19.6. The molecule has 3 rings (SSSR count). The van der Waals surface area contributed by atoms with Crippen LogP contribution in [-0.4, -0.2) is 15.9 Å². The van der Waals surface area contributed by atoms with Gasteiger partial charge in [0.05, 0.1) is 5.39 Å². The number of halogens is 1. The molecule has 0 aliphatic rings. The number of hydrogen-bond donors (Lipinski definition) is 2. The number of aromatic amines is 1. The number of carbonyl (C=O) groups excluding carboxylic acids is 1. The van der Waals surface area contributed by atoms with Gasteiger partial charge in [0, 0.05) is 31.1 Å². The zero-order chi connectivity index (χ0) is 14.8. The summed E-state index contributed by atoms with van der Waals surface area (Å²) in [7, 11) is 0. The van der Waals surface area contributed by atoms with Gasteiger partial charge in [-0.2, -0.15) is 0 Å².